The Kier molecular flexibility index (Phi) is 3.78. The van der Waals surface area contributed by atoms with E-state index in [0.29, 0.717) is 37.6 Å². The van der Waals surface area contributed by atoms with E-state index in [1.165, 1.54) is 0 Å². The highest BCUT2D eigenvalue weighted by Gasteiger charge is 2.20. The quantitative estimate of drug-likeness (QED) is 0.809. The molecule has 1 unspecified atom stereocenters. The minimum atomic E-state index is 0.0414. The second-order valence-corrected chi connectivity index (χ2v) is 4.50. The van der Waals surface area contributed by atoms with E-state index < -0.39 is 0 Å². The molecule has 1 saturated heterocycles. The second-order valence-electron chi connectivity index (χ2n) is 4.16. The number of hydrogen-bond donors (Lipinski definition) is 0. The van der Waals surface area contributed by atoms with Crippen molar-refractivity contribution in [3.05, 3.63) is 11.1 Å². The first kappa shape index (κ1) is 11.8. The van der Waals surface area contributed by atoms with Gasteiger partial charge >= 0.3 is 0 Å². The van der Waals surface area contributed by atoms with Gasteiger partial charge in [-0.05, 0) is 11.6 Å². The SMILES string of the molecule is CC(C)c1nnc(Cl)n1CC1COCCO1. The summed E-state index contributed by atoms with van der Waals surface area (Å²) in [7, 11) is 0. The zero-order valence-electron chi connectivity index (χ0n) is 9.52. The molecule has 0 aliphatic carbocycles. The molecule has 0 N–H and O–H groups in total. The smallest absolute Gasteiger partial charge is 0.225 e. The van der Waals surface area contributed by atoms with Crippen LogP contribution in [0.1, 0.15) is 25.6 Å². The van der Waals surface area contributed by atoms with E-state index in [9.17, 15) is 0 Å². The molecule has 6 heteroatoms. The molecule has 2 rings (SSSR count). The molecular weight excluding hydrogens is 230 g/mol. The summed E-state index contributed by atoms with van der Waals surface area (Å²) in [6, 6.07) is 0. The molecule has 0 radical (unpaired) electrons. The van der Waals surface area contributed by atoms with Crippen molar-refractivity contribution < 1.29 is 9.47 Å². The molecule has 1 fully saturated rings. The molecule has 1 aliphatic rings. The van der Waals surface area contributed by atoms with Gasteiger partial charge in [0.25, 0.3) is 0 Å². The van der Waals surface area contributed by atoms with Gasteiger partial charge < -0.3 is 9.47 Å². The molecule has 16 heavy (non-hydrogen) atoms. The summed E-state index contributed by atoms with van der Waals surface area (Å²) in [5, 5.41) is 8.37. The molecule has 0 amide bonds. The standard InChI is InChI=1S/C10H16ClN3O2/c1-7(2)9-12-13-10(11)14(9)5-8-6-15-3-4-16-8/h7-8H,3-6H2,1-2H3. The zero-order chi connectivity index (χ0) is 11.5. The molecule has 90 valence electrons. The van der Waals surface area contributed by atoms with Crippen LogP contribution in [-0.4, -0.2) is 40.7 Å². The monoisotopic (exact) mass is 245 g/mol. The summed E-state index contributed by atoms with van der Waals surface area (Å²) in [5.41, 5.74) is 0. The minimum Gasteiger partial charge on any atom is -0.376 e. The lowest BCUT2D eigenvalue weighted by Crippen LogP contribution is -2.32. The summed E-state index contributed by atoms with van der Waals surface area (Å²) in [6.07, 6.45) is 0.0414. The Morgan fingerprint density at radius 1 is 1.44 bits per heavy atom. The van der Waals surface area contributed by atoms with Crippen molar-refractivity contribution in [2.45, 2.75) is 32.4 Å². The van der Waals surface area contributed by atoms with Gasteiger partial charge in [0.05, 0.1) is 32.5 Å². The van der Waals surface area contributed by atoms with Gasteiger partial charge in [0.2, 0.25) is 5.28 Å². The summed E-state index contributed by atoms with van der Waals surface area (Å²) >= 11 is 6.00. The molecule has 0 aromatic carbocycles. The van der Waals surface area contributed by atoms with Crippen LogP contribution in [0.25, 0.3) is 0 Å². The van der Waals surface area contributed by atoms with Crippen LogP contribution in [0.4, 0.5) is 0 Å². The lowest BCUT2D eigenvalue weighted by molar-refractivity contribution is -0.0938. The minimum absolute atomic E-state index is 0.0414. The Bertz CT molecular complexity index is 348. The van der Waals surface area contributed by atoms with Crippen LogP contribution in [0, 0.1) is 0 Å². The number of nitrogens with zero attached hydrogens (tertiary/aromatic N) is 3. The normalized spacial score (nSPS) is 21.6. The van der Waals surface area contributed by atoms with Gasteiger partial charge in [0.15, 0.2) is 0 Å². The number of hydrogen-bond acceptors (Lipinski definition) is 4. The third-order valence-electron chi connectivity index (χ3n) is 2.52. The Hall–Kier alpha value is -0.650. The lowest BCUT2D eigenvalue weighted by Gasteiger charge is -2.24. The fourth-order valence-corrected chi connectivity index (χ4v) is 1.93. The topological polar surface area (TPSA) is 49.2 Å². The molecule has 1 aromatic heterocycles. The van der Waals surface area contributed by atoms with Crippen LogP contribution in [0.15, 0.2) is 0 Å². The average Bonchev–Trinajstić information content (AvgIpc) is 2.62. The number of halogens is 1. The lowest BCUT2D eigenvalue weighted by atomic mass is 10.2. The molecular formula is C10H16ClN3O2. The molecule has 1 atom stereocenters. The van der Waals surface area contributed by atoms with Crippen molar-refractivity contribution in [3.8, 4) is 0 Å². The maximum Gasteiger partial charge on any atom is 0.225 e. The van der Waals surface area contributed by atoms with Gasteiger partial charge in [0.1, 0.15) is 5.82 Å². The van der Waals surface area contributed by atoms with E-state index in [2.05, 4.69) is 24.0 Å². The van der Waals surface area contributed by atoms with E-state index in [1.54, 1.807) is 0 Å². The third kappa shape index (κ3) is 2.53. The Morgan fingerprint density at radius 3 is 2.88 bits per heavy atom. The molecule has 0 bridgehead atoms. The molecule has 2 heterocycles. The van der Waals surface area contributed by atoms with Crippen LogP contribution in [0.2, 0.25) is 5.28 Å². The first-order chi connectivity index (χ1) is 7.68. The van der Waals surface area contributed by atoms with Crippen molar-refractivity contribution in [2.24, 2.45) is 0 Å². The fourth-order valence-electron chi connectivity index (χ4n) is 1.74. The summed E-state index contributed by atoms with van der Waals surface area (Å²) in [4.78, 5) is 0. The average molecular weight is 246 g/mol. The fraction of sp³-hybridized carbons (Fsp3) is 0.800. The van der Waals surface area contributed by atoms with Crippen molar-refractivity contribution >= 4 is 11.6 Å². The molecule has 0 saturated carbocycles. The summed E-state index contributed by atoms with van der Waals surface area (Å²) in [5.74, 6) is 1.18. The number of aromatic nitrogens is 3. The predicted molar refractivity (Wildman–Crippen MR) is 59.7 cm³/mol. The second kappa shape index (κ2) is 5.12. The molecule has 1 aromatic rings. The highest BCUT2D eigenvalue weighted by Crippen LogP contribution is 2.18. The Morgan fingerprint density at radius 2 is 2.25 bits per heavy atom. The van der Waals surface area contributed by atoms with E-state index in [1.807, 2.05) is 4.57 Å². The summed E-state index contributed by atoms with van der Waals surface area (Å²) < 4.78 is 12.8. The zero-order valence-corrected chi connectivity index (χ0v) is 10.3. The van der Waals surface area contributed by atoms with Crippen LogP contribution >= 0.6 is 11.6 Å². The Labute approximate surface area is 99.7 Å². The molecule has 1 aliphatic heterocycles. The van der Waals surface area contributed by atoms with E-state index in [4.69, 9.17) is 21.1 Å². The highest BCUT2D eigenvalue weighted by atomic mass is 35.5. The Balaban J connectivity index is 2.09. The number of ether oxygens (including phenoxy) is 2. The number of rotatable bonds is 3. The van der Waals surface area contributed by atoms with Gasteiger partial charge in [-0.2, -0.15) is 0 Å². The highest BCUT2D eigenvalue weighted by molar-refractivity contribution is 6.28. The van der Waals surface area contributed by atoms with Gasteiger partial charge in [0, 0.05) is 5.92 Å². The van der Waals surface area contributed by atoms with E-state index in [0.717, 1.165) is 5.82 Å². The third-order valence-corrected chi connectivity index (χ3v) is 2.80. The molecule has 5 nitrogen and oxygen atoms in total. The first-order valence-electron chi connectivity index (χ1n) is 5.46. The maximum absolute atomic E-state index is 6.00. The van der Waals surface area contributed by atoms with Gasteiger partial charge in [-0.3, -0.25) is 4.57 Å². The van der Waals surface area contributed by atoms with Crippen LogP contribution in [0.5, 0.6) is 0 Å². The maximum atomic E-state index is 6.00. The first-order valence-corrected chi connectivity index (χ1v) is 5.84. The predicted octanol–water partition coefficient (Wildman–Crippen LogP) is 1.47. The van der Waals surface area contributed by atoms with E-state index >= 15 is 0 Å². The molecule has 0 spiro atoms. The van der Waals surface area contributed by atoms with Gasteiger partial charge in [-0.15, -0.1) is 10.2 Å². The largest absolute Gasteiger partial charge is 0.376 e. The van der Waals surface area contributed by atoms with Gasteiger partial charge in [-0.25, -0.2) is 0 Å². The van der Waals surface area contributed by atoms with Crippen LogP contribution < -0.4 is 0 Å². The summed E-state index contributed by atoms with van der Waals surface area (Å²) in [6.45, 7) is 6.69. The van der Waals surface area contributed by atoms with E-state index in [-0.39, 0.29) is 6.10 Å². The van der Waals surface area contributed by atoms with Gasteiger partial charge in [-0.1, -0.05) is 13.8 Å². The van der Waals surface area contributed by atoms with Crippen LogP contribution in [0.3, 0.4) is 0 Å². The van der Waals surface area contributed by atoms with Crippen molar-refractivity contribution in [1.82, 2.24) is 14.8 Å². The van der Waals surface area contributed by atoms with Crippen molar-refractivity contribution in [3.63, 3.8) is 0 Å². The van der Waals surface area contributed by atoms with Crippen molar-refractivity contribution in [1.29, 1.82) is 0 Å². The van der Waals surface area contributed by atoms with Crippen LogP contribution in [-0.2, 0) is 16.0 Å². The van der Waals surface area contributed by atoms with Crippen molar-refractivity contribution in [2.75, 3.05) is 19.8 Å².